The standard InChI is InChI=1S/C21H23ClN2O4S/c22-17-9-5-14(6-10-17)15-7-11-18(12-8-15)29(27,28)24-19-4-2-1-3-16(19)13-20(24)21(25)23-26/h5-12,16,19-20,26H,1-4,13H2,(H,23,25). The lowest BCUT2D eigenvalue weighted by Gasteiger charge is -2.32. The molecular weight excluding hydrogens is 412 g/mol. The number of hydroxylamine groups is 1. The highest BCUT2D eigenvalue weighted by atomic mass is 35.5. The molecule has 6 nitrogen and oxygen atoms in total. The Labute approximate surface area is 175 Å². The predicted molar refractivity (Wildman–Crippen MR) is 110 cm³/mol. The Kier molecular flexibility index (Phi) is 5.66. The van der Waals surface area contributed by atoms with Crippen molar-refractivity contribution in [1.82, 2.24) is 9.79 Å². The first-order chi connectivity index (χ1) is 13.9. The fraction of sp³-hybridized carbons (Fsp3) is 0.381. The summed E-state index contributed by atoms with van der Waals surface area (Å²) >= 11 is 5.93. The molecule has 1 heterocycles. The van der Waals surface area contributed by atoms with Crippen LogP contribution in [0.3, 0.4) is 0 Å². The van der Waals surface area contributed by atoms with Gasteiger partial charge in [0.15, 0.2) is 0 Å². The number of halogens is 1. The average Bonchev–Trinajstić information content (AvgIpc) is 3.14. The van der Waals surface area contributed by atoms with Gasteiger partial charge in [0.2, 0.25) is 10.0 Å². The molecule has 3 unspecified atom stereocenters. The summed E-state index contributed by atoms with van der Waals surface area (Å²) in [6.45, 7) is 0. The van der Waals surface area contributed by atoms with Crippen molar-refractivity contribution >= 4 is 27.5 Å². The van der Waals surface area contributed by atoms with E-state index in [0.717, 1.165) is 36.8 Å². The number of carbonyl (C=O) groups is 1. The van der Waals surface area contributed by atoms with Crippen LogP contribution in [0.2, 0.25) is 5.02 Å². The van der Waals surface area contributed by atoms with E-state index in [1.807, 2.05) is 12.1 Å². The highest BCUT2D eigenvalue weighted by molar-refractivity contribution is 7.89. The van der Waals surface area contributed by atoms with Gasteiger partial charge in [0, 0.05) is 11.1 Å². The molecule has 0 aromatic heterocycles. The smallest absolute Gasteiger partial charge is 0.261 e. The van der Waals surface area contributed by atoms with Gasteiger partial charge in [-0.25, -0.2) is 13.9 Å². The lowest BCUT2D eigenvalue weighted by Crippen LogP contribution is -2.48. The number of hydrogen-bond donors (Lipinski definition) is 2. The van der Waals surface area contributed by atoms with Crippen LogP contribution >= 0.6 is 11.6 Å². The lowest BCUT2D eigenvalue weighted by atomic mass is 9.85. The molecule has 0 radical (unpaired) electrons. The summed E-state index contributed by atoms with van der Waals surface area (Å²) in [6, 6.07) is 12.9. The van der Waals surface area contributed by atoms with E-state index in [0.29, 0.717) is 11.4 Å². The van der Waals surface area contributed by atoms with Crippen LogP contribution < -0.4 is 5.48 Å². The maximum Gasteiger partial charge on any atom is 0.261 e. The summed E-state index contributed by atoms with van der Waals surface area (Å²) in [7, 11) is -3.88. The summed E-state index contributed by atoms with van der Waals surface area (Å²) in [5.74, 6) is -0.519. The van der Waals surface area contributed by atoms with Gasteiger partial charge in [0.05, 0.1) is 4.90 Å². The minimum atomic E-state index is -3.88. The Morgan fingerprint density at radius 2 is 1.59 bits per heavy atom. The predicted octanol–water partition coefficient (Wildman–Crippen LogP) is 3.83. The second kappa shape index (κ2) is 8.07. The van der Waals surface area contributed by atoms with E-state index in [4.69, 9.17) is 16.8 Å². The molecule has 4 rings (SSSR count). The highest BCUT2D eigenvalue weighted by Crippen LogP contribution is 2.42. The Morgan fingerprint density at radius 3 is 2.21 bits per heavy atom. The number of benzene rings is 2. The number of fused-ring (bicyclic) bond motifs is 1. The molecule has 2 aromatic rings. The zero-order valence-electron chi connectivity index (χ0n) is 15.8. The largest absolute Gasteiger partial charge is 0.289 e. The number of sulfonamides is 1. The summed E-state index contributed by atoms with van der Waals surface area (Å²) < 4.78 is 28.3. The molecule has 2 aromatic carbocycles. The highest BCUT2D eigenvalue weighted by Gasteiger charge is 2.50. The Balaban J connectivity index is 1.67. The van der Waals surface area contributed by atoms with Gasteiger partial charge >= 0.3 is 0 Å². The number of rotatable bonds is 4. The average molecular weight is 435 g/mol. The zero-order chi connectivity index (χ0) is 20.6. The molecular formula is C21H23ClN2O4S. The van der Waals surface area contributed by atoms with Crippen LogP contribution in [0.15, 0.2) is 53.4 Å². The van der Waals surface area contributed by atoms with Gasteiger partial charge in [0.25, 0.3) is 5.91 Å². The van der Waals surface area contributed by atoms with Gasteiger partial charge in [0.1, 0.15) is 6.04 Å². The van der Waals surface area contributed by atoms with Gasteiger partial charge < -0.3 is 0 Å². The fourth-order valence-corrected chi connectivity index (χ4v) is 6.65. The monoisotopic (exact) mass is 434 g/mol. The zero-order valence-corrected chi connectivity index (χ0v) is 17.4. The first-order valence-corrected chi connectivity index (χ1v) is 11.6. The van der Waals surface area contributed by atoms with E-state index in [-0.39, 0.29) is 16.9 Å². The molecule has 1 saturated carbocycles. The van der Waals surface area contributed by atoms with Crippen LogP contribution in [0.1, 0.15) is 32.1 Å². The summed E-state index contributed by atoms with van der Waals surface area (Å²) in [4.78, 5) is 12.4. The number of nitrogens with one attached hydrogen (secondary N) is 1. The van der Waals surface area contributed by atoms with Gasteiger partial charge in [-0.1, -0.05) is 48.7 Å². The lowest BCUT2D eigenvalue weighted by molar-refractivity contribution is -0.132. The molecule has 3 atom stereocenters. The molecule has 1 amide bonds. The Bertz CT molecular complexity index is 992. The third-order valence-corrected chi connectivity index (χ3v) is 8.25. The number of carbonyl (C=O) groups excluding carboxylic acids is 1. The van der Waals surface area contributed by atoms with Crippen molar-refractivity contribution in [2.45, 2.75) is 49.1 Å². The fourth-order valence-electron chi connectivity index (χ4n) is 4.65. The molecule has 1 aliphatic carbocycles. The number of hydrogen-bond acceptors (Lipinski definition) is 4. The molecule has 2 aliphatic rings. The molecule has 1 aliphatic heterocycles. The SMILES string of the molecule is O=C(NO)C1CC2CCCCC2N1S(=O)(=O)c1ccc(-c2ccc(Cl)cc2)cc1. The van der Waals surface area contributed by atoms with Crippen LogP contribution in [0.4, 0.5) is 0 Å². The van der Waals surface area contributed by atoms with E-state index in [1.165, 1.54) is 4.31 Å². The summed E-state index contributed by atoms with van der Waals surface area (Å²) in [6.07, 6.45) is 4.07. The number of amides is 1. The quantitative estimate of drug-likeness (QED) is 0.565. The molecule has 2 N–H and O–H groups in total. The molecule has 0 bridgehead atoms. The minimum Gasteiger partial charge on any atom is -0.289 e. The second-order valence-corrected chi connectivity index (χ2v) is 9.99. The minimum absolute atomic E-state index is 0.147. The third kappa shape index (κ3) is 3.80. The van der Waals surface area contributed by atoms with Crippen molar-refractivity contribution in [3.8, 4) is 11.1 Å². The van der Waals surface area contributed by atoms with E-state index in [9.17, 15) is 13.2 Å². The van der Waals surface area contributed by atoms with Crippen LogP contribution in [0, 0.1) is 5.92 Å². The molecule has 0 spiro atoms. The van der Waals surface area contributed by atoms with Crippen LogP contribution in [0.5, 0.6) is 0 Å². The van der Waals surface area contributed by atoms with Crippen molar-refractivity contribution < 1.29 is 18.4 Å². The van der Waals surface area contributed by atoms with Gasteiger partial charge in [-0.05, 0) is 60.6 Å². The van der Waals surface area contributed by atoms with E-state index in [1.54, 1.807) is 41.9 Å². The van der Waals surface area contributed by atoms with Crippen molar-refractivity contribution in [3.63, 3.8) is 0 Å². The molecule has 29 heavy (non-hydrogen) atoms. The molecule has 2 fully saturated rings. The summed E-state index contributed by atoms with van der Waals surface area (Å²) in [5, 5.41) is 9.77. The van der Waals surface area contributed by atoms with Crippen LogP contribution in [0.25, 0.3) is 11.1 Å². The first-order valence-electron chi connectivity index (χ1n) is 9.75. The van der Waals surface area contributed by atoms with E-state index >= 15 is 0 Å². The van der Waals surface area contributed by atoms with Crippen molar-refractivity contribution in [2.24, 2.45) is 5.92 Å². The van der Waals surface area contributed by atoms with Gasteiger partial charge in [-0.3, -0.25) is 10.0 Å². The Morgan fingerprint density at radius 1 is 1.00 bits per heavy atom. The van der Waals surface area contributed by atoms with Crippen molar-refractivity contribution in [3.05, 3.63) is 53.6 Å². The normalized spacial score (nSPS) is 24.8. The topological polar surface area (TPSA) is 86.7 Å². The Hall–Kier alpha value is -1.93. The molecule has 154 valence electrons. The van der Waals surface area contributed by atoms with E-state index < -0.39 is 22.0 Å². The number of nitrogens with zero attached hydrogens (tertiary/aromatic N) is 1. The van der Waals surface area contributed by atoms with E-state index in [2.05, 4.69) is 0 Å². The molecule has 1 saturated heterocycles. The molecule has 8 heteroatoms. The van der Waals surface area contributed by atoms with Crippen molar-refractivity contribution in [2.75, 3.05) is 0 Å². The maximum atomic E-state index is 13.5. The van der Waals surface area contributed by atoms with Gasteiger partial charge in [-0.15, -0.1) is 0 Å². The first kappa shape index (κ1) is 20.3. The summed E-state index contributed by atoms with van der Waals surface area (Å²) in [5.41, 5.74) is 3.46. The van der Waals surface area contributed by atoms with Crippen molar-refractivity contribution in [1.29, 1.82) is 0 Å². The second-order valence-electron chi connectivity index (χ2n) is 7.71. The maximum absolute atomic E-state index is 13.5. The van der Waals surface area contributed by atoms with Crippen LogP contribution in [-0.2, 0) is 14.8 Å². The third-order valence-electron chi connectivity index (χ3n) is 6.05. The van der Waals surface area contributed by atoms with Crippen LogP contribution in [-0.4, -0.2) is 35.9 Å². The van der Waals surface area contributed by atoms with Gasteiger partial charge in [-0.2, -0.15) is 4.31 Å².